The summed E-state index contributed by atoms with van der Waals surface area (Å²) in [5.74, 6) is -0.350. The smallest absolute Gasteiger partial charge is 0.243 e. The number of carbonyl (C=O) groups excluding carboxylic acids is 2. The van der Waals surface area contributed by atoms with Crippen LogP contribution in [0.1, 0.15) is 39.2 Å². The van der Waals surface area contributed by atoms with Crippen LogP contribution in [0, 0.1) is 18.8 Å². The first-order chi connectivity index (χ1) is 13.1. The minimum absolute atomic E-state index is 0.195. The standard InChI is InChI=1S/C20H31N3O4S/c1-14(2)13-21-19(24)16(4)22-20(25)17-9-11-23(12-10-17)28(26,27)18-7-5-15(3)6-8-18/h5-8,14,16-17H,9-13H2,1-4H3,(H,21,24)(H,22,25)/t16-/m0/s1. The van der Waals surface area contributed by atoms with E-state index < -0.39 is 16.1 Å². The maximum Gasteiger partial charge on any atom is 0.243 e. The summed E-state index contributed by atoms with van der Waals surface area (Å²) in [5, 5.41) is 5.54. The van der Waals surface area contributed by atoms with Gasteiger partial charge in [0.05, 0.1) is 4.90 Å². The number of benzene rings is 1. The zero-order valence-electron chi connectivity index (χ0n) is 17.1. The number of rotatable bonds is 7. The molecular formula is C20H31N3O4S. The molecule has 1 aliphatic heterocycles. The number of carbonyl (C=O) groups is 2. The molecule has 2 amide bonds. The maximum atomic E-state index is 12.7. The lowest BCUT2D eigenvalue weighted by atomic mass is 9.97. The van der Waals surface area contributed by atoms with E-state index in [2.05, 4.69) is 10.6 Å². The molecule has 1 aliphatic rings. The first kappa shape index (κ1) is 22.4. The number of piperidine rings is 1. The van der Waals surface area contributed by atoms with E-state index in [0.717, 1.165) is 5.56 Å². The van der Waals surface area contributed by atoms with Crippen LogP contribution in [0.5, 0.6) is 0 Å². The topological polar surface area (TPSA) is 95.6 Å². The predicted molar refractivity (Wildman–Crippen MR) is 108 cm³/mol. The van der Waals surface area contributed by atoms with Crippen LogP contribution in [0.15, 0.2) is 29.2 Å². The Bertz CT molecular complexity index is 782. The molecule has 1 aromatic rings. The highest BCUT2D eigenvalue weighted by atomic mass is 32.2. The lowest BCUT2D eigenvalue weighted by Gasteiger charge is -2.31. The second-order valence-electron chi connectivity index (χ2n) is 7.86. The molecule has 156 valence electrons. The second-order valence-corrected chi connectivity index (χ2v) is 9.80. The monoisotopic (exact) mass is 409 g/mol. The Morgan fingerprint density at radius 3 is 2.21 bits per heavy atom. The van der Waals surface area contributed by atoms with Gasteiger partial charge < -0.3 is 10.6 Å². The molecule has 1 aromatic carbocycles. The highest BCUT2D eigenvalue weighted by Gasteiger charge is 2.32. The first-order valence-electron chi connectivity index (χ1n) is 9.76. The van der Waals surface area contributed by atoms with Crippen molar-refractivity contribution in [2.45, 2.75) is 51.5 Å². The summed E-state index contributed by atoms with van der Waals surface area (Å²) >= 11 is 0. The molecule has 28 heavy (non-hydrogen) atoms. The summed E-state index contributed by atoms with van der Waals surface area (Å²) in [5.41, 5.74) is 1.00. The van der Waals surface area contributed by atoms with Crippen molar-refractivity contribution in [3.8, 4) is 0 Å². The van der Waals surface area contributed by atoms with Gasteiger partial charge in [-0.2, -0.15) is 4.31 Å². The Hall–Kier alpha value is -1.93. The van der Waals surface area contributed by atoms with E-state index in [1.807, 2.05) is 20.8 Å². The molecule has 0 saturated carbocycles. The third-order valence-electron chi connectivity index (χ3n) is 4.92. The van der Waals surface area contributed by atoms with Crippen LogP contribution in [0.3, 0.4) is 0 Å². The molecule has 0 radical (unpaired) electrons. The number of nitrogens with one attached hydrogen (secondary N) is 2. The molecule has 1 saturated heterocycles. The molecule has 2 rings (SSSR count). The minimum atomic E-state index is -3.54. The zero-order chi connectivity index (χ0) is 20.9. The van der Waals surface area contributed by atoms with Crippen LogP contribution in [0.2, 0.25) is 0 Å². The van der Waals surface area contributed by atoms with E-state index in [-0.39, 0.29) is 22.6 Å². The first-order valence-corrected chi connectivity index (χ1v) is 11.2. The molecule has 0 bridgehead atoms. The molecule has 2 N–H and O–H groups in total. The number of sulfonamides is 1. The second kappa shape index (κ2) is 9.52. The van der Waals surface area contributed by atoms with Crippen molar-refractivity contribution in [1.82, 2.24) is 14.9 Å². The van der Waals surface area contributed by atoms with Crippen molar-refractivity contribution in [3.63, 3.8) is 0 Å². The molecule has 0 spiro atoms. The number of hydrogen-bond acceptors (Lipinski definition) is 4. The van der Waals surface area contributed by atoms with Crippen molar-refractivity contribution < 1.29 is 18.0 Å². The van der Waals surface area contributed by atoms with Crippen LogP contribution in [0.25, 0.3) is 0 Å². The van der Waals surface area contributed by atoms with E-state index in [4.69, 9.17) is 0 Å². The summed E-state index contributed by atoms with van der Waals surface area (Å²) in [7, 11) is -3.54. The van der Waals surface area contributed by atoms with Gasteiger partial charge in [0.15, 0.2) is 0 Å². The zero-order valence-corrected chi connectivity index (χ0v) is 17.9. The van der Waals surface area contributed by atoms with Crippen LogP contribution in [-0.4, -0.2) is 50.2 Å². The predicted octanol–water partition coefficient (Wildman–Crippen LogP) is 1.67. The Labute approximate surface area is 167 Å². The molecule has 0 unspecified atom stereocenters. The van der Waals surface area contributed by atoms with Gasteiger partial charge in [-0.25, -0.2) is 8.42 Å². The highest BCUT2D eigenvalue weighted by Crippen LogP contribution is 2.24. The summed E-state index contributed by atoms with van der Waals surface area (Å²) < 4.78 is 26.9. The molecular weight excluding hydrogens is 378 g/mol. The molecule has 1 heterocycles. The number of amides is 2. The van der Waals surface area contributed by atoms with Crippen LogP contribution >= 0.6 is 0 Å². The van der Waals surface area contributed by atoms with E-state index in [1.54, 1.807) is 31.2 Å². The molecule has 1 fully saturated rings. The Morgan fingerprint density at radius 2 is 1.68 bits per heavy atom. The minimum Gasteiger partial charge on any atom is -0.354 e. The van der Waals surface area contributed by atoms with Gasteiger partial charge in [-0.3, -0.25) is 9.59 Å². The lowest BCUT2D eigenvalue weighted by molar-refractivity contribution is -0.131. The third kappa shape index (κ3) is 5.78. The van der Waals surface area contributed by atoms with Crippen molar-refractivity contribution in [1.29, 1.82) is 0 Å². The van der Waals surface area contributed by atoms with Gasteiger partial charge in [-0.15, -0.1) is 0 Å². The highest BCUT2D eigenvalue weighted by molar-refractivity contribution is 7.89. The van der Waals surface area contributed by atoms with Gasteiger partial charge in [0.2, 0.25) is 21.8 Å². The maximum absolute atomic E-state index is 12.7. The van der Waals surface area contributed by atoms with E-state index in [1.165, 1.54) is 4.31 Å². The van der Waals surface area contributed by atoms with Gasteiger partial charge in [0, 0.05) is 25.6 Å². The number of nitrogens with zero attached hydrogens (tertiary/aromatic N) is 1. The van der Waals surface area contributed by atoms with Gasteiger partial charge >= 0.3 is 0 Å². The fourth-order valence-corrected chi connectivity index (χ4v) is 4.54. The van der Waals surface area contributed by atoms with Crippen molar-refractivity contribution in [2.24, 2.45) is 11.8 Å². The fraction of sp³-hybridized carbons (Fsp3) is 0.600. The van der Waals surface area contributed by atoms with Crippen molar-refractivity contribution in [3.05, 3.63) is 29.8 Å². The van der Waals surface area contributed by atoms with Gasteiger partial charge in [0.1, 0.15) is 6.04 Å². The van der Waals surface area contributed by atoms with Crippen molar-refractivity contribution in [2.75, 3.05) is 19.6 Å². The molecule has 8 heteroatoms. The molecule has 0 aromatic heterocycles. The average molecular weight is 410 g/mol. The quantitative estimate of drug-likeness (QED) is 0.716. The molecule has 7 nitrogen and oxygen atoms in total. The van der Waals surface area contributed by atoms with Gasteiger partial charge in [-0.05, 0) is 44.7 Å². The van der Waals surface area contributed by atoms with E-state index in [9.17, 15) is 18.0 Å². The molecule has 1 atom stereocenters. The van der Waals surface area contributed by atoms with Crippen LogP contribution in [-0.2, 0) is 19.6 Å². The normalized spacial score (nSPS) is 17.3. The fourth-order valence-electron chi connectivity index (χ4n) is 3.07. The summed E-state index contributed by atoms with van der Waals surface area (Å²) in [4.78, 5) is 24.7. The third-order valence-corrected chi connectivity index (χ3v) is 6.83. The lowest BCUT2D eigenvalue weighted by Crippen LogP contribution is -2.49. The van der Waals surface area contributed by atoms with Crippen LogP contribution < -0.4 is 10.6 Å². The SMILES string of the molecule is Cc1ccc(S(=O)(=O)N2CCC(C(=O)N[C@@H](C)C(=O)NCC(C)C)CC2)cc1. The Balaban J connectivity index is 1.88. The van der Waals surface area contributed by atoms with Gasteiger partial charge in [-0.1, -0.05) is 31.5 Å². The van der Waals surface area contributed by atoms with E-state index >= 15 is 0 Å². The van der Waals surface area contributed by atoms with Gasteiger partial charge in [0.25, 0.3) is 0 Å². The number of aryl methyl sites for hydroxylation is 1. The van der Waals surface area contributed by atoms with Crippen LogP contribution in [0.4, 0.5) is 0 Å². The Kier molecular flexibility index (Phi) is 7.60. The van der Waals surface area contributed by atoms with E-state index in [0.29, 0.717) is 38.4 Å². The summed E-state index contributed by atoms with van der Waals surface area (Å²) in [6, 6.07) is 6.17. The summed E-state index contributed by atoms with van der Waals surface area (Å²) in [6.45, 7) is 8.72. The average Bonchev–Trinajstić information content (AvgIpc) is 2.66. The number of hydrogen-bond donors (Lipinski definition) is 2. The largest absolute Gasteiger partial charge is 0.354 e. The van der Waals surface area contributed by atoms with Crippen molar-refractivity contribution >= 4 is 21.8 Å². The Morgan fingerprint density at radius 1 is 1.11 bits per heavy atom. The summed E-state index contributed by atoms with van der Waals surface area (Å²) in [6.07, 6.45) is 0.883. The molecule has 0 aliphatic carbocycles.